The maximum Gasteiger partial charge on any atom is 0.271 e. The summed E-state index contributed by atoms with van der Waals surface area (Å²) >= 11 is 0. The number of nitro groups is 1. The molecule has 0 aliphatic carbocycles. The monoisotopic (exact) mass is 394 g/mol. The lowest BCUT2D eigenvalue weighted by molar-refractivity contribution is -0.384. The minimum absolute atomic E-state index is 0.0143. The average Bonchev–Trinajstić information content (AvgIpc) is 2.70. The third-order valence-corrected chi connectivity index (χ3v) is 5.15. The van der Waals surface area contributed by atoms with Crippen LogP contribution in [0, 0.1) is 21.4 Å². The van der Waals surface area contributed by atoms with Gasteiger partial charge in [0.15, 0.2) is 0 Å². The summed E-state index contributed by atoms with van der Waals surface area (Å²) in [5.74, 6) is 0. The SMILES string of the molecule is N#Cc1cccc(S(=O)(=O)Nc2cc([N+](=O)[O-])ccc2Nc2ccccc2)c1. The molecule has 28 heavy (non-hydrogen) atoms. The first-order valence-electron chi connectivity index (χ1n) is 8.02. The summed E-state index contributed by atoms with van der Waals surface area (Å²) in [6.07, 6.45) is 0. The highest BCUT2D eigenvalue weighted by molar-refractivity contribution is 7.92. The smallest absolute Gasteiger partial charge is 0.271 e. The number of non-ortho nitro benzene ring substituents is 1. The Morgan fingerprint density at radius 3 is 2.36 bits per heavy atom. The van der Waals surface area contributed by atoms with E-state index < -0.39 is 14.9 Å². The standard InChI is InChI=1S/C19H14N4O4S/c20-13-14-5-4-8-17(11-14)28(26,27)22-19-12-16(23(24)25)9-10-18(19)21-15-6-2-1-3-7-15/h1-12,21-22H. The summed E-state index contributed by atoms with van der Waals surface area (Å²) in [5.41, 5.74) is 0.965. The summed E-state index contributed by atoms with van der Waals surface area (Å²) in [4.78, 5) is 10.4. The van der Waals surface area contributed by atoms with Crippen LogP contribution in [0.3, 0.4) is 0 Å². The number of hydrogen-bond acceptors (Lipinski definition) is 6. The number of nitriles is 1. The molecule has 0 spiro atoms. The molecular formula is C19H14N4O4S. The van der Waals surface area contributed by atoms with Crippen molar-refractivity contribution < 1.29 is 13.3 Å². The van der Waals surface area contributed by atoms with Crippen LogP contribution in [0.5, 0.6) is 0 Å². The molecule has 0 saturated heterocycles. The van der Waals surface area contributed by atoms with Gasteiger partial charge in [-0.3, -0.25) is 14.8 Å². The van der Waals surface area contributed by atoms with E-state index in [-0.39, 0.29) is 21.8 Å². The second-order valence-electron chi connectivity index (χ2n) is 5.72. The Kier molecular flexibility index (Phi) is 5.24. The van der Waals surface area contributed by atoms with Crippen molar-refractivity contribution in [2.45, 2.75) is 4.90 Å². The molecule has 0 atom stereocenters. The Morgan fingerprint density at radius 1 is 0.929 bits per heavy atom. The number of sulfonamides is 1. The second kappa shape index (κ2) is 7.77. The van der Waals surface area contributed by atoms with Crippen molar-refractivity contribution in [2.75, 3.05) is 10.0 Å². The number of nitrogens with zero attached hydrogens (tertiary/aromatic N) is 2. The summed E-state index contributed by atoms with van der Waals surface area (Å²) < 4.78 is 27.8. The van der Waals surface area contributed by atoms with Crippen molar-refractivity contribution in [3.63, 3.8) is 0 Å². The fourth-order valence-corrected chi connectivity index (χ4v) is 3.57. The van der Waals surface area contributed by atoms with E-state index in [4.69, 9.17) is 5.26 Å². The zero-order valence-electron chi connectivity index (χ0n) is 14.4. The third-order valence-electron chi connectivity index (χ3n) is 3.78. The van der Waals surface area contributed by atoms with Crippen LogP contribution < -0.4 is 10.0 Å². The van der Waals surface area contributed by atoms with Gasteiger partial charge in [0, 0.05) is 17.8 Å². The number of nitrogens with one attached hydrogen (secondary N) is 2. The Hall–Kier alpha value is -3.90. The van der Waals surface area contributed by atoms with Gasteiger partial charge in [0.1, 0.15) is 0 Å². The first-order chi connectivity index (χ1) is 13.4. The maximum atomic E-state index is 12.7. The van der Waals surface area contributed by atoms with E-state index in [0.29, 0.717) is 11.4 Å². The van der Waals surface area contributed by atoms with Gasteiger partial charge in [0.25, 0.3) is 15.7 Å². The van der Waals surface area contributed by atoms with Crippen LogP contribution in [0.25, 0.3) is 0 Å². The van der Waals surface area contributed by atoms with Crippen LogP contribution in [0.15, 0.2) is 77.7 Å². The fraction of sp³-hybridized carbons (Fsp3) is 0. The molecule has 0 radical (unpaired) electrons. The van der Waals surface area contributed by atoms with Gasteiger partial charge in [-0.1, -0.05) is 24.3 Å². The number of para-hydroxylation sites is 1. The lowest BCUT2D eigenvalue weighted by Gasteiger charge is -2.14. The molecule has 3 aromatic carbocycles. The molecule has 0 aromatic heterocycles. The number of rotatable bonds is 6. The highest BCUT2D eigenvalue weighted by Crippen LogP contribution is 2.31. The van der Waals surface area contributed by atoms with Crippen LogP contribution in [-0.4, -0.2) is 13.3 Å². The predicted molar refractivity (Wildman–Crippen MR) is 105 cm³/mol. The van der Waals surface area contributed by atoms with E-state index >= 15 is 0 Å². The van der Waals surface area contributed by atoms with Crippen LogP contribution in [0.4, 0.5) is 22.7 Å². The van der Waals surface area contributed by atoms with Crippen LogP contribution in [0.1, 0.15) is 5.56 Å². The van der Waals surface area contributed by atoms with E-state index in [9.17, 15) is 18.5 Å². The molecule has 0 unspecified atom stereocenters. The van der Waals surface area contributed by atoms with Crippen molar-refractivity contribution in [3.05, 3.63) is 88.5 Å². The Balaban J connectivity index is 2.02. The number of hydrogen-bond donors (Lipinski definition) is 2. The molecule has 0 aliphatic rings. The molecule has 0 amide bonds. The van der Waals surface area contributed by atoms with Gasteiger partial charge >= 0.3 is 0 Å². The lowest BCUT2D eigenvalue weighted by Crippen LogP contribution is -2.14. The zero-order valence-corrected chi connectivity index (χ0v) is 15.2. The molecule has 9 heteroatoms. The maximum absolute atomic E-state index is 12.7. The van der Waals surface area contributed by atoms with Crippen LogP contribution in [-0.2, 0) is 10.0 Å². The highest BCUT2D eigenvalue weighted by atomic mass is 32.2. The lowest BCUT2D eigenvalue weighted by atomic mass is 10.2. The van der Waals surface area contributed by atoms with Crippen molar-refractivity contribution in [2.24, 2.45) is 0 Å². The molecule has 2 N–H and O–H groups in total. The molecule has 0 fully saturated rings. The fourth-order valence-electron chi connectivity index (χ4n) is 2.45. The van der Waals surface area contributed by atoms with E-state index in [1.807, 2.05) is 12.1 Å². The van der Waals surface area contributed by atoms with E-state index in [1.54, 1.807) is 24.3 Å². The minimum atomic E-state index is -4.07. The number of anilines is 3. The van der Waals surface area contributed by atoms with Gasteiger partial charge in [-0.05, 0) is 36.4 Å². The molecular weight excluding hydrogens is 380 g/mol. The second-order valence-corrected chi connectivity index (χ2v) is 7.41. The first kappa shape index (κ1) is 18.9. The molecule has 3 rings (SSSR count). The summed E-state index contributed by atoms with van der Waals surface area (Å²) in [5, 5.41) is 23.1. The van der Waals surface area contributed by atoms with Crippen molar-refractivity contribution in [1.82, 2.24) is 0 Å². The van der Waals surface area contributed by atoms with E-state index in [0.717, 1.165) is 6.07 Å². The van der Waals surface area contributed by atoms with E-state index in [2.05, 4.69) is 10.0 Å². The van der Waals surface area contributed by atoms with Gasteiger partial charge in [0.2, 0.25) is 0 Å². The predicted octanol–water partition coefficient (Wildman–Crippen LogP) is 4.01. The molecule has 8 nitrogen and oxygen atoms in total. The molecule has 3 aromatic rings. The summed E-state index contributed by atoms with van der Waals surface area (Å²) in [7, 11) is -4.07. The quantitative estimate of drug-likeness (QED) is 0.481. The summed E-state index contributed by atoms with van der Waals surface area (Å²) in [6.45, 7) is 0. The Bertz CT molecular complexity index is 1170. The van der Waals surface area contributed by atoms with Gasteiger partial charge in [-0.15, -0.1) is 0 Å². The third kappa shape index (κ3) is 4.25. The molecule has 0 bridgehead atoms. The highest BCUT2D eigenvalue weighted by Gasteiger charge is 2.19. The molecule has 0 heterocycles. The van der Waals surface area contributed by atoms with Crippen molar-refractivity contribution >= 4 is 32.8 Å². The molecule has 0 saturated carbocycles. The summed E-state index contributed by atoms with van der Waals surface area (Å²) in [6, 6.07) is 20.2. The average molecular weight is 394 g/mol. The molecule has 0 aliphatic heterocycles. The van der Waals surface area contributed by atoms with Gasteiger partial charge in [-0.25, -0.2) is 8.42 Å². The Morgan fingerprint density at radius 2 is 1.68 bits per heavy atom. The molecule has 140 valence electrons. The zero-order chi connectivity index (χ0) is 20.1. The number of nitro benzene ring substituents is 1. The topological polar surface area (TPSA) is 125 Å². The van der Waals surface area contributed by atoms with Crippen molar-refractivity contribution in [3.8, 4) is 6.07 Å². The van der Waals surface area contributed by atoms with Crippen LogP contribution >= 0.6 is 0 Å². The normalized spacial score (nSPS) is 10.7. The van der Waals surface area contributed by atoms with E-state index in [1.165, 1.54) is 36.4 Å². The minimum Gasteiger partial charge on any atom is -0.354 e. The largest absolute Gasteiger partial charge is 0.354 e. The van der Waals surface area contributed by atoms with Crippen LogP contribution in [0.2, 0.25) is 0 Å². The van der Waals surface area contributed by atoms with Gasteiger partial charge in [0.05, 0.1) is 32.8 Å². The van der Waals surface area contributed by atoms with Gasteiger partial charge < -0.3 is 5.32 Å². The number of benzene rings is 3. The van der Waals surface area contributed by atoms with Crippen molar-refractivity contribution in [1.29, 1.82) is 5.26 Å². The first-order valence-corrected chi connectivity index (χ1v) is 9.51. The van der Waals surface area contributed by atoms with Gasteiger partial charge in [-0.2, -0.15) is 5.26 Å². The Labute approximate surface area is 161 Å².